The molecule has 2 rings (SSSR count). The molecule has 6 nitrogen and oxygen atoms in total. The number of likely N-dealkylation sites (tertiary alicyclic amines) is 1. The molecule has 1 fully saturated rings. The number of piperidine rings is 1. The van der Waals surface area contributed by atoms with Crippen molar-refractivity contribution in [3.05, 3.63) is 16.9 Å². The van der Waals surface area contributed by atoms with Gasteiger partial charge >= 0.3 is 0 Å². The summed E-state index contributed by atoms with van der Waals surface area (Å²) in [6.07, 6.45) is 2.99. The van der Waals surface area contributed by atoms with Crippen LogP contribution < -0.4 is 5.32 Å². The van der Waals surface area contributed by atoms with Gasteiger partial charge in [0.05, 0.1) is 13.2 Å². The minimum absolute atomic E-state index is 0.0185. The number of hydrogen-bond donors (Lipinski definition) is 2. The first-order valence-corrected chi connectivity index (χ1v) is 7.64. The average Bonchev–Trinajstić information content (AvgIpc) is 2.75. The van der Waals surface area contributed by atoms with Crippen LogP contribution in [-0.4, -0.2) is 41.1 Å². The molecule has 0 bridgehead atoms. The molecule has 2 N–H and O–H groups in total. The number of aliphatic hydroxyl groups excluding tert-OH is 1. The van der Waals surface area contributed by atoms with Gasteiger partial charge in [0, 0.05) is 17.6 Å². The maximum Gasteiger partial charge on any atom is 0.240 e. The molecule has 0 spiro atoms. The van der Waals surface area contributed by atoms with E-state index in [4.69, 9.17) is 9.68 Å². The lowest BCUT2D eigenvalue weighted by atomic mass is 9.97. The van der Waals surface area contributed by atoms with Crippen molar-refractivity contribution in [2.75, 3.05) is 18.5 Å². The van der Waals surface area contributed by atoms with Crippen molar-refractivity contribution in [3.8, 4) is 6.07 Å². The number of nitrogens with zero attached hydrogens (tertiary/aromatic N) is 2. The molecular weight excluding hydrogens is 282 g/mol. The maximum atomic E-state index is 12.3. The molecule has 0 saturated carbocycles. The molecule has 1 amide bonds. The standard InChI is InChI=1S/C16H23N3O3/c1-10-5-4-6-13(9-20)19(10)8-15(21)18-16-14(7-17)11(2)12(3)22-16/h10,13,20H,4-6,8-9H2,1-3H3,(H,18,21). The molecular formula is C16H23N3O3. The summed E-state index contributed by atoms with van der Waals surface area (Å²) in [6.45, 7) is 5.87. The lowest BCUT2D eigenvalue weighted by Gasteiger charge is -2.39. The number of furan rings is 1. The van der Waals surface area contributed by atoms with Crippen LogP contribution in [0.25, 0.3) is 0 Å². The summed E-state index contributed by atoms with van der Waals surface area (Å²) >= 11 is 0. The minimum atomic E-state index is -0.225. The highest BCUT2D eigenvalue weighted by Crippen LogP contribution is 2.26. The number of anilines is 1. The van der Waals surface area contributed by atoms with E-state index in [0.29, 0.717) is 11.3 Å². The van der Waals surface area contributed by atoms with Gasteiger partial charge in [0.15, 0.2) is 0 Å². The smallest absolute Gasteiger partial charge is 0.240 e. The molecule has 6 heteroatoms. The van der Waals surface area contributed by atoms with Crippen molar-refractivity contribution in [1.29, 1.82) is 5.26 Å². The van der Waals surface area contributed by atoms with Crippen LogP contribution in [0.4, 0.5) is 5.88 Å². The van der Waals surface area contributed by atoms with Gasteiger partial charge in [-0.15, -0.1) is 0 Å². The first kappa shape index (κ1) is 16.5. The summed E-state index contributed by atoms with van der Waals surface area (Å²) in [7, 11) is 0. The number of amides is 1. The Kier molecular flexibility index (Phi) is 5.22. The lowest BCUT2D eigenvalue weighted by Crippen LogP contribution is -2.50. The molecule has 1 aromatic rings. The molecule has 2 heterocycles. The van der Waals surface area contributed by atoms with Crippen molar-refractivity contribution in [1.82, 2.24) is 4.90 Å². The summed E-state index contributed by atoms with van der Waals surface area (Å²) in [4.78, 5) is 14.3. The molecule has 120 valence electrons. The van der Waals surface area contributed by atoms with Gasteiger partial charge in [0.2, 0.25) is 11.8 Å². The fraction of sp³-hybridized carbons (Fsp3) is 0.625. The Morgan fingerprint density at radius 2 is 2.23 bits per heavy atom. The number of rotatable bonds is 4. The van der Waals surface area contributed by atoms with E-state index in [1.807, 2.05) is 4.90 Å². The predicted molar refractivity (Wildman–Crippen MR) is 82.4 cm³/mol. The van der Waals surface area contributed by atoms with Gasteiger partial charge in [-0.1, -0.05) is 6.42 Å². The SMILES string of the molecule is Cc1oc(NC(=O)CN2C(C)CCCC2CO)c(C#N)c1C. The molecule has 2 atom stereocenters. The molecule has 1 aliphatic heterocycles. The van der Waals surface area contributed by atoms with Crippen LogP contribution >= 0.6 is 0 Å². The Labute approximate surface area is 130 Å². The van der Waals surface area contributed by atoms with E-state index < -0.39 is 0 Å². The Hall–Kier alpha value is -1.84. The molecule has 0 radical (unpaired) electrons. The van der Waals surface area contributed by atoms with Gasteiger partial charge < -0.3 is 9.52 Å². The topological polar surface area (TPSA) is 89.5 Å². The molecule has 1 aliphatic rings. The third-order valence-corrected chi connectivity index (χ3v) is 4.48. The summed E-state index contributed by atoms with van der Waals surface area (Å²) in [5, 5.41) is 21.3. The van der Waals surface area contributed by atoms with E-state index in [1.54, 1.807) is 13.8 Å². The van der Waals surface area contributed by atoms with Crippen LogP contribution in [0.5, 0.6) is 0 Å². The highest BCUT2D eigenvalue weighted by molar-refractivity contribution is 5.92. The van der Waals surface area contributed by atoms with Crippen LogP contribution in [0.1, 0.15) is 43.1 Å². The minimum Gasteiger partial charge on any atom is -0.444 e. The quantitative estimate of drug-likeness (QED) is 0.887. The van der Waals surface area contributed by atoms with E-state index in [2.05, 4.69) is 18.3 Å². The van der Waals surface area contributed by atoms with Crippen molar-refractivity contribution in [2.24, 2.45) is 0 Å². The fourth-order valence-corrected chi connectivity index (χ4v) is 3.00. The first-order valence-electron chi connectivity index (χ1n) is 7.64. The lowest BCUT2D eigenvalue weighted by molar-refractivity contribution is -0.119. The molecule has 0 aromatic carbocycles. The number of carbonyl (C=O) groups is 1. The number of nitrogens with one attached hydrogen (secondary N) is 1. The Morgan fingerprint density at radius 1 is 1.50 bits per heavy atom. The van der Waals surface area contributed by atoms with Crippen molar-refractivity contribution < 1.29 is 14.3 Å². The highest BCUT2D eigenvalue weighted by atomic mass is 16.4. The van der Waals surface area contributed by atoms with Gasteiger partial charge in [-0.2, -0.15) is 5.26 Å². The number of hydrogen-bond acceptors (Lipinski definition) is 5. The Bertz CT molecular complexity index is 588. The zero-order valence-corrected chi connectivity index (χ0v) is 13.3. The number of nitriles is 1. The Morgan fingerprint density at radius 3 is 2.86 bits per heavy atom. The number of carbonyl (C=O) groups excluding carboxylic acids is 1. The van der Waals surface area contributed by atoms with Crippen molar-refractivity contribution >= 4 is 11.8 Å². The fourth-order valence-electron chi connectivity index (χ4n) is 3.00. The van der Waals surface area contributed by atoms with E-state index in [9.17, 15) is 9.90 Å². The van der Waals surface area contributed by atoms with Crippen LogP contribution in [0.3, 0.4) is 0 Å². The normalized spacial score (nSPS) is 22.3. The highest BCUT2D eigenvalue weighted by Gasteiger charge is 2.29. The molecule has 1 saturated heterocycles. The van der Waals surface area contributed by atoms with E-state index in [1.165, 1.54) is 0 Å². The zero-order chi connectivity index (χ0) is 16.3. The second-order valence-corrected chi connectivity index (χ2v) is 5.94. The largest absolute Gasteiger partial charge is 0.444 e. The van der Waals surface area contributed by atoms with E-state index in [-0.39, 0.29) is 37.0 Å². The summed E-state index contributed by atoms with van der Waals surface area (Å²) < 4.78 is 5.45. The average molecular weight is 305 g/mol. The monoisotopic (exact) mass is 305 g/mol. The summed E-state index contributed by atoms with van der Waals surface area (Å²) in [5.74, 6) is 0.622. The van der Waals surface area contributed by atoms with Gasteiger partial charge in [0.1, 0.15) is 17.4 Å². The first-order chi connectivity index (χ1) is 10.5. The van der Waals surface area contributed by atoms with Gasteiger partial charge in [0.25, 0.3) is 0 Å². The molecule has 1 aromatic heterocycles. The van der Waals surface area contributed by atoms with Gasteiger partial charge in [-0.25, -0.2) is 0 Å². The molecule has 0 aliphatic carbocycles. The maximum absolute atomic E-state index is 12.3. The molecule has 22 heavy (non-hydrogen) atoms. The van der Waals surface area contributed by atoms with E-state index in [0.717, 1.165) is 24.8 Å². The van der Waals surface area contributed by atoms with E-state index >= 15 is 0 Å². The summed E-state index contributed by atoms with van der Waals surface area (Å²) in [6, 6.07) is 2.34. The third kappa shape index (κ3) is 3.32. The van der Waals surface area contributed by atoms with Crippen molar-refractivity contribution in [2.45, 2.75) is 52.1 Å². The van der Waals surface area contributed by atoms with Crippen LogP contribution in [0.15, 0.2) is 4.42 Å². The number of aryl methyl sites for hydroxylation is 1. The van der Waals surface area contributed by atoms with Gasteiger partial charge in [-0.3, -0.25) is 15.0 Å². The van der Waals surface area contributed by atoms with Crippen LogP contribution in [-0.2, 0) is 4.79 Å². The predicted octanol–water partition coefficient (Wildman–Crippen LogP) is 1.94. The van der Waals surface area contributed by atoms with Crippen LogP contribution in [0.2, 0.25) is 0 Å². The van der Waals surface area contributed by atoms with Gasteiger partial charge in [-0.05, 0) is 33.6 Å². The zero-order valence-electron chi connectivity index (χ0n) is 13.3. The molecule has 2 unspecified atom stereocenters. The number of aliphatic hydroxyl groups is 1. The third-order valence-electron chi connectivity index (χ3n) is 4.48. The van der Waals surface area contributed by atoms with Crippen molar-refractivity contribution in [3.63, 3.8) is 0 Å². The second kappa shape index (κ2) is 6.95. The Balaban J connectivity index is 2.07. The summed E-state index contributed by atoms with van der Waals surface area (Å²) in [5.41, 5.74) is 1.12. The van der Waals surface area contributed by atoms with Crippen LogP contribution in [0, 0.1) is 25.2 Å². The second-order valence-electron chi connectivity index (χ2n) is 5.94.